The van der Waals surface area contributed by atoms with Crippen molar-refractivity contribution in [2.75, 3.05) is 6.61 Å². The topological polar surface area (TPSA) is 43.4 Å². The highest BCUT2D eigenvalue weighted by Crippen LogP contribution is 2.06. The van der Waals surface area contributed by atoms with Gasteiger partial charge in [0.25, 0.3) is 0 Å². The molecule has 86 valence electrons. The Hall–Kier alpha value is -1.42. The maximum atomic E-state index is 11.7. The van der Waals surface area contributed by atoms with Crippen molar-refractivity contribution in [2.45, 2.75) is 18.2 Å². The van der Waals surface area contributed by atoms with Crippen molar-refractivity contribution in [3.63, 3.8) is 0 Å². The van der Waals surface area contributed by atoms with Crippen molar-refractivity contribution in [1.82, 2.24) is 0 Å². The molecule has 0 radical (unpaired) electrons. The van der Waals surface area contributed by atoms with Crippen LogP contribution in [0.25, 0.3) is 0 Å². The molecule has 1 atom stereocenters. The van der Waals surface area contributed by atoms with E-state index in [0.29, 0.717) is 13.0 Å². The van der Waals surface area contributed by atoms with E-state index in [0.717, 1.165) is 4.90 Å². The first-order valence-electron chi connectivity index (χ1n) is 4.96. The van der Waals surface area contributed by atoms with Gasteiger partial charge in [-0.2, -0.15) is 0 Å². The van der Waals surface area contributed by atoms with Crippen molar-refractivity contribution in [3.8, 4) is 0 Å². The molecule has 0 amide bonds. The fourth-order valence-corrected chi connectivity index (χ4v) is 1.95. The molecule has 0 saturated carbocycles. The number of carbonyl (C=O) groups excluding carboxylic acids is 1. The van der Waals surface area contributed by atoms with Crippen LogP contribution >= 0.6 is 0 Å². The number of carbonyl (C=O) groups is 1. The van der Waals surface area contributed by atoms with Crippen molar-refractivity contribution in [2.24, 2.45) is 0 Å². The molecule has 3 nitrogen and oxygen atoms in total. The van der Waals surface area contributed by atoms with Crippen molar-refractivity contribution in [3.05, 3.63) is 41.8 Å². The summed E-state index contributed by atoms with van der Waals surface area (Å²) in [5.74, 6) is -0.294. The zero-order chi connectivity index (χ0) is 11.8. The normalized spacial score (nSPS) is 12.6. The molecule has 0 saturated heterocycles. The average Bonchev–Trinajstić information content (AvgIpc) is 2.29. The number of hydrogen-bond acceptors (Lipinski definition) is 3. The Morgan fingerprint density at radius 3 is 2.69 bits per heavy atom. The minimum atomic E-state index is -1.12. The van der Waals surface area contributed by atoms with Gasteiger partial charge in [0, 0.05) is 23.6 Å². The first kappa shape index (κ1) is 12.6. The summed E-state index contributed by atoms with van der Waals surface area (Å²) < 4.78 is 16.4. The first-order chi connectivity index (χ1) is 7.70. The van der Waals surface area contributed by atoms with E-state index in [2.05, 4.69) is 0 Å². The monoisotopic (exact) mass is 238 g/mol. The van der Waals surface area contributed by atoms with E-state index >= 15 is 0 Å². The Morgan fingerprint density at radius 2 is 2.06 bits per heavy atom. The summed E-state index contributed by atoms with van der Waals surface area (Å²) in [7, 11) is -1.12. The lowest BCUT2D eigenvalue weighted by molar-refractivity contribution is -0.140. The summed E-state index contributed by atoms with van der Waals surface area (Å²) in [6.07, 6.45) is 2.34. The molecule has 0 heterocycles. The highest BCUT2D eigenvalue weighted by molar-refractivity contribution is 7.88. The fraction of sp³-hybridized carbons (Fsp3) is 0.250. The van der Waals surface area contributed by atoms with Gasteiger partial charge >= 0.3 is 5.97 Å². The van der Waals surface area contributed by atoms with Gasteiger partial charge in [-0.15, -0.1) is 0 Å². The first-order valence-corrected chi connectivity index (χ1v) is 6.17. The second-order valence-electron chi connectivity index (χ2n) is 3.11. The van der Waals surface area contributed by atoms with Gasteiger partial charge in [0.1, 0.15) is 0 Å². The lowest BCUT2D eigenvalue weighted by Gasteiger charge is -1.97. The fourth-order valence-electron chi connectivity index (χ4n) is 1.06. The molecule has 0 aromatic heterocycles. The van der Waals surface area contributed by atoms with Crippen LogP contribution in [0.1, 0.15) is 13.3 Å². The van der Waals surface area contributed by atoms with Crippen LogP contribution in [0.4, 0.5) is 0 Å². The molecular weight excluding hydrogens is 224 g/mol. The smallest absolute Gasteiger partial charge is 0.302 e. The van der Waals surface area contributed by atoms with Gasteiger partial charge in [-0.25, -0.2) is 4.21 Å². The Morgan fingerprint density at radius 1 is 1.38 bits per heavy atom. The lowest BCUT2D eigenvalue weighted by atomic mass is 10.4. The molecular formula is C12H14O3S. The van der Waals surface area contributed by atoms with Crippen LogP contribution in [-0.4, -0.2) is 16.8 Å². The molecule has 0 N–H and O–H groups in total. The molecule has 0 aliphatic rings. The van der Waals surface area contributed by atoms with Gasteiger partial charge in [0.05, 0.1) is 17.4 Å². The van der Waals surface area contributed by atoms with Crippen LogP contribution < -0.4 is 0 Å². The molecule has 0 bridgehead atoms. The van der Waals surface area contributed by atoms with Crippen LogP contribution in [-0.2, 0) is 20.3 Å². The molecule has 1 aromatic carbocycles. The van der Waals surface area contributed by atoms with Crippen molar-refractivity contribution in [1.29, 1.82) is 0 Å². The number of rotatable bonds is 5. The quantitative estimate of drug-likeness (QED) is 0.583. The molecule has 0 fully saturated rings. The van der Waals surface area contributed by atoms with Crippen LogP contribution in [0.2, 0.25) is 0 Å². The van der Waals surface area contributed by atoms with Crippen LogP contribution in [0.5, 0.6) is 0 Å². The summed E-state index contributed by atoms with van der Waals surface area (Å²) in [5, 5.41) is 1.61. The molecule has 1 rings (SSSR count). The van der Waals surface area contributed by atoms with Gasteiger partial charge in [-0.3, -0.25) is 4.79 Å². The summed E-state index contributed by atoms with van der Waals surface area (Å²) in [4.78, 5) is 11.2. The SMILES string of the molecule is CC(=O)OCCC=CS(=O)c1ccccc1. The Bertz CT molecular complexity index is 385. The van der Waals surface area contributed by atoms with E-state index in [4.69, 9.17) is 4.74 Å². The summed E-state index contributed by atoms with van der Waals surface area (Å²) >= 11 is 0. The second kappa shape index (κ2) is 6.95. The van der Waals surface area contributed by atoms with Crippen molar-refractivity contribution < 1.29 is 13.7 Å². The van der Waals surface area contributed by atoms with Crippen LogP contribution in [0.15, 0.2) is 46.7 Å². The largest absolute Gasteiger partial charge is 0.466 e. The maximum absolute atomic E-state index is 11.7. The van der Waals surface area contributed by atoms with E-state index in [1.807, 2.05) is 30.3 Å². The number of esters is 1. The third-order valence-corrected chi connectivity index (χ3v) is 2.96. The van der Waals surface area contributed by atoms with Crippen LogP contribution in [0.3, 0.4) is 0 Å². The van der Waals surface area contributed by atoms with E-state index in [-0.39, 0.29) is 5.97 Å². The van der Waals surface area contributed by atoms with Gasteiger partial charge in [-0.05, 0) is 12.1 Å². The summed E-state index contributed by atoms with van der Waals surface area (Å²) in [6.45, 7) is 1.70. The predicted octanol–water partition coefficient (Wildman–Crippen LogP) is 2.26. The van der Waals surface area contributed by atoms with Crippen LogP contribution in [0, 0.1) is 0 Å². The molecule has 0 aliphatic carbocycles. The third-order valence-electron chi connectivity index (χ3n) is 1.79. The van der Waals surface area contributed by atoms with Gasteiger partial charge in [0.2, 0.25) is 0 Å². The minimum absolute atomic E-state index is 0.294. The highest BCUT2D eigenvalue weighted by Gasteiger charge is 1.96. The number of benzene rings is 1. The summed E-state index contributed by atoms with van der Waals surface area (Å²) in [5.41, 5.74) is 0. The standard InChI is InChI=1S/C12H14O3S/c1-11(13)15-9-5-6-10-16(14)12-7-3-2-4-8-12/h2-4,6-8,10H,5,9H2,1H3. The summed E-state index contributed by atoms with van der Waals surface area (Å²) in [6, 6.07) is 9.20. The van der Waals surface area contributed by atoms with Crippen molar-refractivity contribution >= 4 is 16.8 Å². The molecule has 16 heavy (non-hydrogen) atoms. The zero-order valence-corrected chi connectivity index (χ0v) is 9.91. The zero-order valence-electron chi connectivity index (χ0n) is 9.09. The molecule has 0 spiro atoms. The van der Waals surface area contributed by atoms with Gasteiger partial charge in [0.15, 0.2) is 0 Å². The molecule has 1 aromatic rings. The number of ether oxygens (including phenoxy) is 1. The molecule has 4 heteroatoms. The molecule has 1 unspecified atom stereocenters. The Kier molecular flexibility index (Phi) is 5.50. The van der Waals surface area contributed by atoms with Gasteiger partial charge in [-0.1, -0.05) is 24.3 Å². The van der Waals surface area contributed by atoms with E-state index in [1.165, 1.54) is 6.92 Å². The second-order valence-corrected chi connectivity index (χ2v) is 4.45. The lowest BCUT2D eigenvalue weighted by Crippen LogP contribution is -1.99. The van der Waals surface area contributed by atoms with E-state index < -0.39 is 10.8 Å². The minimum Gasteiger partial charge on any atom is -0.466 e. The number of hydrogen-bond donors (Lipinski definition) is 0. The predicted molar refractivity (Wildman–Crippen MR) is 63.2 cm³/mol. The van der Waals surface area contributed by atoms with Gasteiger partial charge < -0.3 is 4.74 Å². The Labute approximate surface area is 97.6 Å². The van der Waals surface area contributed by atoms with E-state index in [9.17, 15) is 9.00 Å². The average molecular weight is 238 g/mol. The molecule has 0 aliphatic heterocycles. The highest BCUT2D eigenvalue weighted by atomic mass is 32.2. The Balaban J connectivity index is 2.35. The van der Waals surface area contributed by atoms with E-state index in [1.54, 1.807) is 11.5 Å². The third kappa shape index (κ3) is 4.89. The maximum Gasteiger partial charge on any atom is 0.302 e.